The van der Waals surface area contributed by atoms with Gasteiger partial charge < -0.3 is 4.90 Å². The van der Waals surface area contributed by atoms with Gasteiger partial charge in [-0.05, 0) is 43.0 Å². The molecule has 108 valence electrons. The van der Waals surface area contributed by atoms with Gasteiger partial charge in [-0.1, -0.05) is 0 Å². The molecular weight excluding hydrogens is 276 g/mol. The summed E-state index contributed by atoms with van der Waals surface area (Å²) in [4.78, 5) is 13.5. The van der Waals surface area contributed by atoms with Crippen molar-refractivity contribution >= 4 is 21.6 Å². The molecule has 2 heterocycles. The van der Waals surface area contributed by atoms with E-state index in [2.05, 4.69) is 0 Å². The highest BCUT2D eigenvalue weighted by Gasteiger charge is 2.29. The minimum atomic E-state index is -3.37. The molecule has 0 N–H and O–H groups in total. The van der Waals surface area contributed by atoms with E-state index in [9.17, 15) is 13.2 Å². The molecule has 1 aromatic rings. The normalized spacial score (nSPS) is 19.4. The van der Waals surface area contributed by atoms with Crippen molar-refractivity contribution in [3.63, 3.8) is 0 Å². The van der Waals surface area contributed by atoms with Crippen LogP contribution in [0.1, 0.15) is 25.3 Å². The average Bonchev–Trinajstić information content (AvgIpc) is 3.07. The van der Waals surface area contributed by atoms with Crippen molar-refractivity contribution in [1.29, 1.82) is 0 Å². The van der Waals surface area contributed by atoms with Gasteiger partial charge in [0.25, 0.3) is 0 Å². The molecule has 2 aliphatic rings. The molecule has 0 spiro atoms. The van der Waals surface area contributed by atoms with Crippen molar-refractivity contribution in [1.82, 2.24) is 4.31 Å². The van der Waals surface area contributed by atoms with Crippen LogP contribution >= 0.6 is 0 Å². The summed E-state index contributed by atoms with van der Waals surface area (Å²) in [5, 5.41) is 0. The van der Waals surface area contributed by atoms with Gasteiger partial charge in [-0.3, -0.25) is 4.79 Å². The van der Waals surface area contributed by atoms with Crippen molar-refractivity contribution in [2.75, 3.05) is 24.5 Å². The molecule has 0 atom stereocenters. The highest BCUT2D eigenvalue weighted by atomic mass is 32.2. The van der Waals surface area contributed by atoms with Crippen molar-refractivity contribution in [3.05, 3.63) is 23.8 Å². The molecule has 0 radical (unpaired) electrons. The van der Waals surface area contributed by atoms with Crippen molar-refractivity contribution in [2.45, 2.75) is 31.1 Å². The quantitative estimate of drug-likeness (QED) is 0.828. The molecule has 0 aliphatic carbocycles. The molecule has 1 saturated heterocycles. The fourth-order valence-corrected chi connectivity index (χ4v) is 4.51. The lowest BCUT2D eigenvalue weighted by Crippen LogP contribution is -2.28. The Morgan fingerprint density at radius 1 is 1.15 bits per heavy atom. The van der Waals surface area contributed by atoms with E-state index < -0.39 is 10.0 Å². The Kier molecular flexibility index (Phi) is 3.30. The number of amides is 1. The zero-order valence-corrected chi connectivity index (χ0v) is 12.3. The summed E-state index contributed by atoms with van der Waals surface area (Å²) in [6.07, 6.45) is 2.59. The predicted molar refractivity (Wildman–Crippen MR) is 76.2 cm³/mol. The smallest absolute Gasteiger partial charge is 0.243 e. The van der Waals surface area contributed by atoms with Crippen molar-refractivity contribution in [3.8, 4) is 0 Å². The Morgan fingerprint density at radius 3 is 2.50 bits per heavy atom. The zero-order chi connectivity index (χ0) is 14.3. The van der Waals surface area contributed by atoms with Gasteiger partial charge in [-0.15, -0.1) is 0 Å². The minimum Gasteiger partial charge on any atom is -0.312 e. The summed E-state index contributed by atoms with van der Waals surface area (Å²) in [6.45, 7) is 3.39. The molecule has 0 unspecified atom stereocenters. The maximum absolute atomic E-state index is 12.5. The molecular formula is C14H18N2O3S. The number of hydrogen-bond acceptors (Lipinski definition) is 3. The molecule has 1 amide bonds. The van der Waals surface area contributed by atoms with Gasteiger partial charge in [0.2, 0.25) is 15.9 Å². The summed E-state index contributed by atoms with van der Waals surface area (Å²) in [7, 11) is -3.37. The van der Waals surface area contributed by atoms with Crippen LogP contribution in [0.2, 0.25) is 0 Å². The number of sulfonamides is 1. The topological polar surface area (TPSA) is 57.7 Å². The van der Waals surface area contributed by atoms with Crippen LogP contribution < -0.4 is 4.90 Å². The third-order valence-corrected chi connectivity index (χ3v) is 5.92. The first kappa shape index (κ1) is 13.6. The standard InChI is InChI=1S/C14H18N2O3S/c1-11(17)16-9-6-12-10-13(4-5-14(12)16)20(18,19)15-7-2-3-8-15/h4-5,10H,2-3,6-9H2,1H3. The predicted octanol–water partition coefficient (Wildman–Crippen LogP) is 1.38. The highest BCUT2D eigenvalue weighted by molar-refractivity contribution is 7.89. The van der Waals surface area contributed by atoms with Crippen LogP contribution in [0.25, 0.3) is 0 Å². The highest BCUT2D eigenvalue weighted by Crippen LogP contribution is 2.31. The van der Waals surface area contributed by atoms with E-state index in [1.807, 2.05) is 0 Å². The van der Waals surface area contributed by atoms with Crippen molar-refractivity contribution in [2.24, 2.45) is 0 Å². The first-order chi connectivity index (χ1) is 9.50. The number of hydrogen-bond donors (Lipinski definition) is 0. The zero-order valence-electron chi connectivity index (χ0n) is 11.5. The summed E-state index contributed by atoms with van der Waals surface area (Å²) < 4.78 is 26.5. The van der Waals surface area contributed by atoms with E-state index in [4.69, 9.17) is 0 Å². The Labute approximate surface area is 119 Å². The SMILES string of the molecule is CC(=O)N1CCc2cc(S(=O)(=O)N3CCCC3)ccc21. The Morgan fingerprint density at radius 2 is 1.85 bits per heavy atom. The first-order valence-corrected chi connectivity index (χ1v) is 8.35. The molecule has 1 aromatic carbocycles. The van der Waals surface area contributed by atoms with Gasteiger partial charge in [0, 0.05) is 32.2 Å². The molecule has 6 heteroatoms. The summed E-state index contributed by atoms with van der Waals surface area (Å²) >= 11 is 0. The van der Waals surface area contributed by atoms with E-state index in [0.29, 0.717) is 24.5 Å². The van der Waals surface area contributed by atoms with Crippen LogP contribution in [0.5, 0.6) is 0 Å². The Hall–Kier alpha value is -1.40. The monoisotopic (exact) mass is 294 g/mol. The van der Waals surface area contributed by atoms with E-state index in [1.165, 1.54) is 6.92 Å². The molecule has 0 bridgehead atoms. The largest absolute Gasteiger partial charge is 0.312 e. The van der Waals surface area contributed by atoms with Crippen LogP contribution in [0.4, 0.5) is 5.69 Å². The maximum Gasteiger partial charge on any atom is 0.243 e. The maximum atomic E-state index is 12.5. The van der Waals surface area contributed by atoms with E-state index in [0.717, 1.165) is 30.5 Å². The van der Waals surface area contributed by atoms with Crippen molar-refractivity contribution < 1.29 is 13.2 Å². The first-order valence-electron chi connectivity index (χ1n) is 6.91. The van der Waals surface area contributed by atoms with Crippen LogP contribution in [0, 0.1) is 0 Å². The van der Waals surface area contributed by atoms with Gasteiger partial charge in [0.15, 0.2) is 0 Å². The fraction of sp³-hybridized carbons (Fsp3) is 0.500. The second kappa shape index (κ2) is 4.86. The molecule has 0 saturated carbocycles. The van der Waals surface area contributed by atoms with E-state index in [1.54, 1.807) is 27.4 Å². The number of carbonyl (C=O) groups excluding carboxylic acids is 1. The van der Waals surface area contributed by atoms with Crippen LogP contribution in [0.15, 0.2) is 23.1 Å². The average molecular weight is 294 g/mol. The fourth-order valence-electron chi connectivity index (χ4n) is 2.94. The van der Waals surface area contributed by atoms with Crippen LogP contribution in [-0.2, 0) is 21.2 Å². The van der Waals surface area contributed by atoms with Gasteiger partial charge in [0.1, 0.15) is 0 Å². The van der Waals surface area contributed by atoms with Gasteiger partial charge in [-0.2, -0.15) is 4.31 Å². The lowest BCUT2D eigenvalue weighted by atomic mass is 10.2. The number of nitrogens with zero attached hydrogens (tertiary/aromatic N) is 2. The molecule has 0 aromatic heterocycles. The van der Waals surface area contributed by atoms with E-state index >= 15 is 0 Å². The number of carbonyl (C=O) groups is 1. The second-order valence-corrected chi connectivity index (χ2v) is 7.26. The minimum absolute atomic E-state index is 0.00102. The summed E-state index contributed by atoms with van der Waals surface area (Å²) in [5.41, 5.74) is 1.79. The molecule has 2 aliphatic heterocycles. The third-order valence-electron chi connectivity index (χ3n) is 4.03. The summed E-state index contributed by atoms with van der Waals surface area (Å²) in [6, 6.07) is 5.10. The third kappa shape index (κ3) is 2.13. The van der Waals surface area contributed by atoms with Gasteiger partial charge in [-0.25, -0.2) is 8.42 Å². The number of rotatable bonds is 2. The second-order valence-electron chi connectivity index (χ2n) is 5.32. The lowest BCUT2D eigenvalue weighted by molar-refractivity contribution is -0.116. The van der Waals surface area contributed by atoms with Gasteiger partial charge >= 0.3 is 0 Å². The van der Waals surface area contributed by atoms with Crippen LogP contribution in [0.3, 0.4) is 0 Å². The molecule has 1 fully saturated rings. The number of anilines is 1. The number of benzene rings is 1. The van der Waals surface area contributed by atoms with E-state index in [-0.39, 0.29) is 5.91 Å². The lowest BCUT2D eigenvalue weighted by Gasteiger charge is -2.17. The Bertz CT molecular complexity index is 648. The van der Waals surface area contributed by atoms with Gasteiger partial charge in [0.05, 0.1) is 4.90 Å². The Balaban J connectivity index is 1.96. The molecule has 5 nitrogen and oxygen atoms in total. The number of fused-ring (bicyclic) bond motifs is 1. The molecule has 3 rings (SSSR count). The molecule has 20 heavy (non-hydrogen) atoms. The van der Waals surface area contributed by atoms with Crippen LogP contribution in [-0.4, -0.2) is 38.3 Å². The summed E-state index contributed by atoms with van der Waals surface area (Å²) in [5.74, 6) is -0.00102.